The molecule has 0 radical (unpaired) electrons. The Morgan fingerprint density at radius 1 is 1.33 bits per heavy atom. The van der Waals surface area contributed by atoms with Crippen molar-refractivity contribution in [3.8, 4) is 5.75 Å². The number of hydrogen-bond acceptors (Lipinski definition) is 3. The number of benzene rings is 1. The molecular weight excluding hydrogens is 226 g/mol. The number of rotatable bonds is 5. The Kier molecular flexibility index (Phi) is 4.91. The minimum atomic E-state index is 0.166. The molecule has 0 spiro atoms. The predicted octanol–water partition coefficient (Wildman–Crippen LogP) is 2.79. The molecule has 0 aliphatic rings. The van der Waals surface area contributed by atoms with Crippen molar-refractivity contribution >= 4 is 5.78 Å². The number of nitrogens with two attached hydrogens (primary N) is 1. The number of hydrogen-bond donors (Lipinski definition) is 1. The van der Waals surface area contributed by atoms with E-state index in [0.717, 1.165) is 28.0 Å². The van der Waals surface area contributed by atoms with E-state index in [9.17, 15) is 4.79 Å². The van der Waals surface area contributed by atoms with Crippen LogP contribution in [0.2, 0.25) is 0 Å². The first-order valence-corrected chi connectivity index (χ1v) is 6.30. The summed E-state index contributed by atoms with van der Waals surface area (Å²) >= 11 is 0. The molecule has 100 valence electrons. The Morgan fingerprint density at radius 2 is 1.94 bits per heavy atom. The molecule has 2 N–H and O–H groups in total. The van der Waals surface area contributed by atoms with Crippen LogP contribution in [0.1, 0.15) is 40.4 Å². The standard InChI is InChI=1S/C15H23NO2/c1-9(8-16)6-14(17)13-7-10(2)15(18-5)12(4)11(13)3/h7,9H,6,8,16H2,1-5H3. The zero-order valence-corrected chi connectivity index (χ0v) is 12.0. The van der Waals surface area contributed by atoms with E-state index < -0.39 is 0 Å². The number of carbonyl (C=O) groups is 1. The van der Waals surface area contributed by atoms with Crippen LogP contribution >= 0.6 is 0 Å². The molecule has 0 amide bonds. The molecule has 1 aromatic rings. The van der Waals surface area contributed by atoms with Crippen LogP contribution in [0.4, 0.5) is 0 Å². The molecule has 1 aromatic carbocycles. The maximum atomic E-state index is 12.2. The lowest BCUT2D eigenvalue weighted by molar-refractivity contribution is 0.0965. The molecule has 1 rings (SSSR count). The third-order valence-corrected chi connectivity index (χ3v) is 3.47. The van der Waals surface area contributed by atoms with Gasteiger partial charge in [-0.2, -0.15) is 0 Å². The van der Waals surface area contributed by atoms with E-state index in [1.54, 1.807) is 7.11 Å². The molecule has 0 bridgehead atoms. The van der Waals surface area contributed by atoms with Crippen LogP contribution in [-0.4, -0.2) is 19.4 Å². The van der Waals surface area contributed by atoms with Crippen molar-refractivity contribution in [1.29, 1.82) is 0 Å². The number of ether oxygens (including phenoxy) is 1. The van der Waals surface area contributed by atoms with Crippen LogP contribution in [0.5, 0.6) is 5.75 Å². The fraction of sp³-hybridized carbons (Fsp3) is 0.533. The summed E-state index contributed by atoms with van der Waals surface area (Å²) in [6.45, 7) is 8.46. The Morgan fingerprint density at radius 3 is 2.44 bits per heavy atom. The number of aryl methyl sites for hydroxylation is 1. The fourth-order valence-corrected chi connectivity index (χ4v) is 2.17. The highest BCUT2D eigenvalue weighted by atomic mass is 16.5. The Labute approximate surface area is 109 Å². The first-order chi connectivity index (χ1) is 8.42. The minimum absolute atomic E-state index is 0.166. The third kappa shape index (κ3) is 2.91. The molecule has 0 fully saturated rings. The minimum Gasteiger partial charge on any atom is -0.496 e. The molecule has 1 atom stereocenters. The van der Waals surface area contributed by atoms with Crippen LogP contribution in [0.25, 0.3) is 0 Å². The van der Waals surface area contributed by atoms with Gasteiger partial charge in [0.2, 0.25) is 0 Å². The molecule has 0 aliphatic heterocycles. The normalized spacial score (nSPS) is 12.3. The monoisotopic (exact) mass is 249 g/mol. The van der Waals surface area contributed by atoms with E-state index in [1.165, 1.54) is 0 Å². The Bertz CT molecular complexity index is 452. The van der Waals surface area contributed by atoms with Crippen molar-refractivity contribution < 1.29 is 9.53 Å². The molecule has 3 heteroatoms. The largest absolute Gasteiger partial charge is 0.496 e. The van der Waals surface area contributed by atoms with Gasteiger partial charge < -0.3 is 10.5 Å². The highest BCUT2D eigenvalue weighted by Gasteiger charge is 2.17. The van der Waals surface area contributed by atoms with Crippen molar-refractivity contribution in [2.75, 3.05) is 13.7 Å². The number of carbonyl (C=O) groups excluding carboxylic acids is 1. The summed E-state index contributed by atoms with van der Waals surface area (Å²) in [6, 6.07) is 1.92. The van der Waals surface area contributed by atoms with E-state index in [-0.39, 0.29) is 11.7 Å². The molecule has 0 aliphatic carbocycles. The maximum absolute atomic E-state index is 12.2. The second-order valence-electron chi connectivity index (χ2n) is 4.99. The van der Waals surface area contributed by atoms with Gasteiger partial charge in [-0.05, 0) is 56.0 Å². The average Bonchev–Trinajstić information content (AvgIpc) is 2.34. The molecular formula is C15H23NO2. The quantitative estimate of drug-likeness (QED) is 0.816. The van der Waals surface area contributed by atoms with Gasteiger partial charge >= 0.3 is 0 Å². The van der Waals surface area contributed by atoms with E-state index in [4.69, 9.17) is 10.5 Å². The van der Waals surface area contributed by atoms with Gasteiger partial charge in [-0.3, -0.25) is 4.79 Å². The van der Waals surface area contributed by atoms with Gasteiger partial charge in [0.05, 0.1) is 7.11 Å². The molecule has 18 heavy (non-hydrogen) atoms. The molecule has 3 nitrogen and oxygen atoms in total. The van der Waals surface area contributed by atoms with Crippen LogP contribution in [0.3, 0.4) is 0 Å². The molecule has 0 saturated carbocycles. The van der Waals surface area contributed by atoms with E-state index in [1.807, 2.05) is 33.8 Å². The summed E-state index contributed by atoms with van der Waals surface area (Å²) in [5, 5.41) is 0. The van der Waals surface area contributed by atoms with Crippen LogP contribution in [0.15, 0.2) is 6.07 Å². The number of Topliss-reactive ketones (excluding diaryl/α,β-unsaturated/α-hetero) is 1. The van der Waals surface area contributed by atoms with Crippen LogP contribution in [-0.2, 0) is 0 Å². The van der Waals surface area contributed by atoms with Crippen molar-refractivity contribution in [3.05, 3.63) is 28.3 Å². The first kappa shape index (κ1) is 14.7. The van der Waals surface area contributed by atoms with Gasteiger partial charge in [0, 0.05) is 12.0 Å². The van der Waals surface area contributed by atoms with Gasteiger partial charge in [0.1, 0.15) is 5.75 Å². The van der Waals surface area contributed by atoms with E-state index in [2.05, 4.69) is 0 Å². The van der Waals surface area contributed by atoms with E-state index >= 15 is 0 Å². The smallest absolute Gasteiger partial charge is 0.163 e. The summed E-state index contributed by atoms with van der Waals surface area (Å²) in [7, 11) is 1.66. The summed E-state index contributed by atoms with van der Waals surface area (Å²) in [6.07, 6.45) is 0.503. The molecule has 0 heterocycles. The fourth-order valence-electron chi connectivity index (χ4n) is 2.17. The second-order valence-corrected chi connectivity index (χ2v) is 4.99. The Hall–Kier alpha value is -1.35. The number of ketones is 1. The third-order valence-electron chi connectivity index (χ3n) is 3.47. The summed E-state index contributed by atoms with van der Waals surface area (Å²) in [5.74, 6) is 1.26. The first-order valence-electron chi connectivity index (χ1n) is 6.30. The summed E-state index contributed by atoms with van der Waals surface area (Å²) < 4.78 is 5.36. The second kappa shape index (κ2) is 6.01. The lowest BCUT2D eigenvalue weighted by Crippen LogP contribution is -2.16. The van der Waals surface area contributed by atoms with E-state index in [0.29, 0.717) is 13.0 Å². The topological polar surface area (TPSA) is 52.3 Å². The van der Waals surface area contributed by atoms with Crippen LogP contribution in [0, 0.1) is 26.7 Å². The maximum Gasteiger partial charge on any atom is 0.163 e. The number of methoxy groups -OCH3 is 1. The Balaban J connectivity index is 3.15. The van der Waals surface area contributed by atoms with Gasteiger partial charge in [-0.25, -0.2) is 0 Å². The van der Waals surface area contributed by atoms with Gasteiger partial charge in [0.25, 0.3) is 0 Å². The SMILES string of the molecule is COc1c(C)cc(C(=O)CC(C)CN)c(C)c1C. The molecule has 1 unspecified atom stereocenters. The lowest BCUT2D eigenvalue weighted by Gasteiger charge is -2.16. The van der Waals surface area contributed by atoms with Crippen molar-refractivity contribution in [1.82, 2.24) is 0 Å². The van der Waals surface area contributed by atoms with Gasteiger partial charge in [-0.1, -0.05) is 6.92 Å². The zero-order chi connectivity index (χ0) is 13.9. The van der Waals surface area contributed by atoms with Crippen molar-refractivity contribution in [2.24, 2.45) is 11.7 Å². The predicted molar refractivity (Wildman–Crippen MR) is 74.4 cm³/mol. The van der Waals surface area contributed by atoms with Crippen molar-refractivity contribution in [2.45, 2.75) is 34.1 Å². The summed E-state index contributed by atoms with van der Waals surface area (Å²) in [4.78, 5) is 12.2. The zero-order valence-electron chi connectivity index (χ0n) is 12.0. The highest BCUT2D eigenvalue weighted by Crippen LogP contribution is 2.29. The molecule has 0 saturated heterocycles. The highest BCUT2D eigenvalue weighted by molar-refractivity contribution is 5.98. The lowest BCUT2D eigenvalue weighted by atomic mass is 9.92. The molecule has 0 aromatic heterocycles. The van der Waals surface area contributed by atoms with Gasteiger partial charge in [-0.15, -0.1) is 0 Å². The van der Waals surface area contributed by atoms with Gasteiger partial charge in [0.15, 0.2) is 5.78 Å². The summed E-state index contributed by atoms with van der Waals surface area (Å²) in [5.41, 5.74) is 9.42. The van der Waals surface area contributed by atoms with Crippen molar-refractivity contribution in [3.63, 3.8) is 0 Å². The average molecular weight is 249 g/mol. The van der Waals surface area contributed by atoms with Crippen LogP contribution < -0.4 is 10.5 Å².